The molecule has 0 saturated carbocycles. The molecule has 0 bridgehead atoms. The van der Waals surface area contributed by atoms with Gasteiger partial charge in [-0.25, -0.2) is 0 Å². The average molecular weight is 248 g/mol. The van der Waals surface area contributed by atoms with Crippen molar-refractivity contribution in [3.05, 3.63) is 29.3 Å². The van der Waals surface area contributed by atoms with Crippen LogP contribution in [0.1, 0.15) is 43.7 Å². The van der Waals surface area contributed by atoms with Gasteiger partial charge in [0.05, 0.1) is 0 Å². The largest absolute Gasteiger partial charge is 0.550 e. The lowest BCUT2D eigenvalue weighted by molar-refractivity contribution is -0.305. The van der Waals surface area contributed by atoms with Crippen LogP contribution in [-0.4, -0.2) is 11.9 Å². The van der Waals surface area contributed by atoms with Gasteiger partial charge in [-0.1, -0.05) is 32.0 Å². The van der Waals surface area contributed by atoms with Gasteiger partial charge in [0.25, 0.3) is 0 Å². The van der Waals surface area contributed by atoms with Crippen LogP contribution in [-0.2, 0) is 9.59 Å². The van der Waals surface area contributed by atoms with Crippen LogP contribution < -0.4 is 10.4 Å². The lowest BCUT2D eigenvalue weighted by Crippen LogP contribution is -2.24. The first-order valence-electron chi connectivity index (χ1n) is 6.01. The predicted molar refractivity (Wildman–Crippen MR) is 68.1 cm³/mol. The summed E-state index contributed by atoms with van der Waals surface area (Å²) in [5.41, 5.74) is 2.82. The average Bonchev–Trinajstić information content (AvgIpc) is 2.28. The molecule has 0 aliphatic carbocycles. The molecule has 1 rings (SSSR count). The first kappa shape index (κ1) is 14.2. The number of carboxylic acid groups (broad SMARTS) is 1. The van der Waals surface area contributed by atoms with E-state index in [0.29, 0.717) is 5.92 Å². The molecule has 0 radical (unpaired) electrons. The quantitative estimate of drug-likeness (QED) is 0.860. The van der Waals surface area contributed by atoms with Crippen LogP contribution in [0.2, 0.25) is 0 Å². The Labute approximate surface area is 107 Å². The van der Waals surface area contributed by atoms with E-state index in [9.17, 15) is 14.7 Å². The molecule has 4 heteroatoms. The molecule has 1 amide bonds. The third-order valence-electron chi connectivity index (χ3n) is 2.75. The van der Waals surface area contributed by atoms with Crippen molar-refractivity contribution in [2.24, 2.45) is 0 Å². The third kappa shape index (κ3) is 3.87. The molecule has 0 fully saturated rings. The number of amides is 1. The van der Waals surface area contributed by atoms with E-state index in [1.54, 1.807) is 0 Å². The zero-order valence-corrected chi connectivity index (χ0v) is 10.9. The van der Waals surface area contributed by atoms with Crippen LogP contribution in [0.5, 0.6) is 0 Å². The lowest BCUT2D eigenvalue weighted by Gasteiger charge is -2.16. The van der Waals surface area contributed by atoms with Crippen LogP contribution in [0.4, 0.5) is 5.69 Å². The van der Waals surface area contributed by atoms with E-state index in [1.165, 1.54) is 0 Å². The number of carbonyl (C=O) groups is 2. The van der Waals surface area contributed by atoms with Gasteiger partial charge in [0.2, 0.25) is 5.91 Å². The highest BCUT2D eigenvalue weighted by Gasteiger charge is 2.11. The Hall–Kier alpha value is -1.84. The van der Waals surface area contributed by atoms with Gasteiger partial charge in [0.1, 0.15) is 0 Å². The first-order chi connectivity index (χ1) is 8.41. The van der Waals surface area contributed by atoms with Gasteiger partial charge >= 0.3 is 0 Å². The number of benzene rings is 1. The Balaban J connectivity index is 2.83. The van der Waals surface area contributed by atoms with Crippen molar-refractivity contribution in [2.75, 3.05) is 5.32 Å². The highest BCUT2D eigenvalue weighted by atomic mass is 16.4. The minimum atomic E-state index is -1.21. The molecular weight excluding hydrogens is 230 g/mol. The number of carboxylic acids is 1. The van der Waals surface area contributed by atoms with Crippen LogP contribution in [0.3, 0.4) is 0 Å². The highest BCUT2D eigenvalue weighted by Crippen LogP contribution is 2.27. The second-order valence-electron chi connectivity index (χ2n) is 4.61. The Morgan fingerprint density at radius 3 is 2.50 bits per heavy atom. The fourth-order valence-electron chi connectivity index (χ4n) is 1.76. The summed E-state index contributed by atoms with van der Waals surface area (Å²) in [5.74, 6) is -1.21. The summed E-state index contributed by atoms with van der Waals surface area (Å²) in [6.45, 7) is 6.01. The van der Waals surface area contributed by atoms with Gasteiger partial charge in [-0.3, -0.25) is 4.79 Å². The SMILES string of the molecule is Cc1cccc(C(C)C)c1NC(=O)CCC(=O)[O-]. The zero-order chi connectivity index (χ0) is 13.7. The number of rotatable bonds is 5. The van der Waals surface area contributed by atoms with E-state index in [4.69, 9.17) is 0 Å². The second kappa shape index (κ2) is 6.19. The normalized spacial score (nSPS) is 10.4. The summed E-state index contributed by atoms with van der Waals surface area (Å²) >= 11 is 0. The monoisotopic (exact) mass is 248 g/mol. The van der Waals surface area contributed by atoms with E-state index in [-0.39, 0.29) is 18.7 Å². The van der Waals surface area contributed by atoms with Crippen molar-refractivity contribution in [3.8, 4) is 0 Å². The first-order valence-corrected chi connectivity index (χ1v) is 6.01. The van der Waals surface area contributed by atoms with Gasteiger partial charge in [-0.2, -0.15) is 0 Å². The molecule has 1 aromatic carbocycles. The zero-order valence-electron chi connectivity index (χ0n) is 10.9. The maximum Gasteiger partial charge on any atom is 0.224 e. The molecule has 18 heavy (non-hydrogen) atoms. The Morgan fingerprint density at radius 2 is 1.94 bits per heavy atom. The van der Waals surface area contributed by atoms with Gasteiger partial charge in [-0.05, 0) is 30.4 Å². The molecule has 0 spiro atoms. The predicted octanol–water partition coefficient (Wildman–Crippen LogP) is 1.59. The molecule has 98 valence electrons. The van der Waals surface area contributed by atoms with E-state index in [2.05, 4.69) is 5.32 Å². The lowest BCUT2D eigenvalue weighted by atomic mass is 9.98. The Morgan fingerprint density at radius 1 is 1.28 bits per heavy atom. The van der Waals surface area contributed by atoms with Crippen molar-refractivity contribution >= 4 is 17.6 Å². The number of nitrogens with one attached hydrogen (secondary N) is 1. The highest BCUT2D eigenvalue weighted by molar-refractivity contribution is 5.93. The van der Waals surface area contributed by atoms with Crippen LogP contribution in [0.15, 0.2) is 18.2 Å². The number of aryl methyl sites for hydroxylation is 1. The van der Waals surface area contributed by atoms with Gasteiger partial charge in [-0.15, -0.1) is 0 Å². The number of hydrogen-bond donors (Lipinski definition) is 1. The van der Waals surface area contributed by atoms with Gasteiger partial charge in [0.15, 0.2) is 0 Å². The number of para-hydroxylation sites is 1. The smallest absolute Gasteiger partial charge is 0.224 e. The molecule has 4 nitrogen and oxygen atoms in total. The fraction of sp³-hybridized carbons (Fsp3) is 0.429. The molecular formula is C14H18NO3-. The number of carbonyl (C=O) groups excluding carboxylic acids is 2. The number of anilines is 1. The molecule has 0 heterocycles. The Kier molecular flexibility index (Phi) is 4.89. The fourth-order valence-corrected chi connectivity index (χ4v) is 1.76. The topological polar surface area (TPSA) is 69.2 Å². The van der Waals surface area contributed by atoms with E-state index in [0.717, 1.165) is 16.8 Å². The summed E-state index contributed by atoms with van der Waals surface area (Å²) in [5, 5.41) is 13.1. The summed E-state index contributed by atoms with van der Waals surface area (Å²) in [6, 6.07) is 5.83. The third-order valence-corrected chi connectivity index (χ3v) is 2.75. The van der Waals surface area contributed by atoms with Crippen molar-refractivity contribution in [1.29, 1.82) is 0 Å². The number of hydrogen-bond acceptors (Lipinski definition) is 3. The molecule has 1 N–H and O–H groups in total. The maximum absolute atomic E-state index is 11.6. The van der Waals surface area contributed by atoms with Crippen LogP contribution >= 0.6 is 0 Å². The molecule has 0 unspecified atom stereocenters. The summed E-state index contributed by atoms with van der Waals surface area (Å²) in [7, 11) is 0. The number of aliphatic carboxylic acids is 1. The van der Waals surface area contributed by atoms with E-state index < -0.39 is 5.97 Å². The van der Waals surface area contributed by atoms with Gasteiger partial charge < -0.3 is 15.2 Å². The Bertz CT molecular complexity index is 452. The molecule has 0 aromatic heterocycles. The van der Waals surface area contributed by atoms with E-state index in [1.807, 2.05) is 39.0 Å². The summed E-state index contributed by atoms with van der Waals surface area (Å²) in [6.07, 6.45) is -0.317. The second-order valence-corrected chi connectivity index (χ2v) is 4.61. The summed E-state index contributed by atoms with van der Waals surface area (Å²) in [4.78, 5) is 21.9. The van der Waals surface area contributed by atoms with Crippen molar-refractivity contribution in [3.63, 3.8) is 0 Å². The van der Waals surface area contributed by atoms with Crippen LogP contribution in [0.25, 0.3) is 0 Å². The van der Waals surface area contributed by atoms with Crippen molar-refractivity contribution in [1.82, 2.24) is 0 Å². The minimum absolute atomic E-state index is 0.0613. The van der Waals surface area contributed by atoms with Crippen molar-refractivity contribution < 1.29 is 14.7 Å². The molecule has 1 aromatic rings. The molecule has 0 aliphatic heterocycles. The van der Waals surface area contributed by atoms with Gasteiger partial charge in [0, 0.05) is 18.1 Å². The molecule has 0 atom stereocenters. The van der Waals surface area contributed by atoms with Crippen LogP contribution in [0, 0.1) is 6.92 Å². The standard InChI is InChI=1S/C14H19NO3/c1-9(2)11-6-4-5-10(3)14(11)15-12(16)7-8-13(17)18/h4-6,9H,7-8H2,1-3H3,(H,15,16)(H,17,18)/p-1. The minimum Gasteiger partial charge on any atom is -0.550 e. The van der Waals surface area contributed by atoms with Crippen molar-refractivity contribution in [2.45, 2.75) is 39.5 Å². The summed E-state index contributed by atoms with van der Waals surface area (Å²) < 4.78 is 0. The maximum atomic E-state index is 11.6. The van der Waals surface area contributed by atoms with E-state index >= 15 is 0 Å². The molecule has 0 aliphatic rings. The molecule has 0 saturated heterocycles.